The fourth-order valence-corrected chi connectivity index (χ4v) is 4.30. The van der Waals surface area contributed by atoms with Gasteiger partial charge in [0, 0.05) is 31.4 Å². The number of aryl methyl sites for hydroxylation is 1. The van der Waals surface area contributed by atoms with Crippen molar-refractivity contribution in [2.75, 3.05) is 37.4 Å². The highest BCUT2D eigenvalue weighted by atomic mass is 32.2. The highest BCUT2D eigenvalue weighted by molar-refractivity contribution is 7.99. The van der Waals surface area contributed by atoms with E-state index in [1.54, 1.807) is 29.2 Å². The van der Waals surface area contributed by atoms with Crippen LogP contribution in [0.2, 0.25) is 0 Å². The minimum Gasteiger partial charge on any atom is -0.486 e. The Balaban J connectivity index is 1.28. The molecule has 3 aromatic rings. The van der Waals surface area contributed by atoms with Crippen LogP contribution in [-0.4, -0.2) is 63.5 Å². The molecule has 1 aliphatic rings. The number of rotatable bonds is 9. The lowest BCUT2D eigenvalue weighted by Crippen LogP contribution is -2.40. The number of carbonyl (C=O) groups is 2. The van der Waals surface area contributed by atoms with Gasteiger partial charge in [-0.15, -0.1) is 10.2 Å². The largest absolute Gasteiger partial charge is 0.486 e. The molecule has 2 amide bonds. The van der Waals surface area contributed by atoms with E-state index in [2.05, 4.69) is 22.4 Å². The van der Waals surface area contributed by atoms with Crippen LogP contribution < -0.4 is 10.1 Å². The zero-order chi connectivity index (χ0) is 24.6. The molecule has 1 aromatic heterocycles. The lowest BCUT2D eigenvalue weighted by molar-refractivity contribution is -0.113. The molecular formula is C25H29N5O4S. The van der Waals surface area contributed by atoms with Crippen molar-refractivity contribution in [3.05, 3.63) is 65.5 Å². The summed E-state index contributed by atoms with van der Waals surface area (Å²) in [6.45, 7) is 4.62. The topological polar surface area (TPSA) is 98.6 Å². The van der Waals surface area contributed by atoms with E-state index in [0.717, 1.165) is 12.2 Å². The third-order valence-corrected chi connectivity index (χ3v) is 6.67. The van der Waals surface area contributed by atoms with Crippen LogP contribution in [0.5, 0.6) is 5.75 Å². The van der Waals surface area contributed by atoms with Gasteiger partial charge in [0.25, 0.3) is 5.91 Å². The van der Waals surface area contributed by atoms with E-state index in [4.69, 9.17) is 9.47 Å². The fraction of sp³-hybridized carbons (Fsp3) is 0.360. The van der Waals surface area contributed by atoms with E-state index in [0.29, 0.717) is 48.5 Å². The molecule has 4 rings (SSSR count). The summed E-state index contributed by atoms with van der Waals surface area (Å²) in [6.07, 6.45) is 0.982. The van der Waals surface area contributed by atoms with Crippen molar-refractivity contribution in [1.82, 2.24) is 19.7 Å². The number of benzene rings is 2. The van der Waals surface area contributed by atoms with E-state index in [9.17, 15) is 9.59 Å². The summed E-state index contributed by atoms with van der Waals surface area (Å²) in [5, 5.41) is 11.8. The molecule has 2 heterocycles. The maximum Gasteiger partial charge on any atom is 0.254 e. The quantitative estimate of drug-likeness (QED) is 0.455. The van der Waals surface area contributed by atoms with Crippen molar-refractivity contribution in [2.24, 2.45) is 7.05 Å². The van der Waals surface area contributed by atoms with Gasteiger partial charge in [-0.1, -0.05) is 36.9 Å². The second-order valence-electron chi connectivity index (χ2n) is 8.07. The van der Waals surface area contributed by atoms with Gasteiger partial charge in [-0.05, 0) is 42.3 Å². The highest BCUT2D eigenvalue weighted by Crippen LogP contribution is 2.19. The third kappa shape index (κ3) is 6.61. The molecule has 184 valence electrons. The summed E-state index contributed by atoms with van der Waals surface area (Å²) in [6, 6.07) is 15.0. The summed E-state index contributed by atoms with van der Waals surface area (Å²) in [4.78, 5) is 27.0. The average molecular weight is 496 g/mol. The molecule has 9 nitrogen and oxygen atoms in total. The van der Waals surface area contributed by atoms with Crippen LogP contribution in [0.15, 0.2) is 53.7 Å². The number of anilines is 1. The maximum absolute atomic E-state index is 12.7. The van der Waals surface area contributed by atoms with E-state index in [1.165, 1.54) is 17.3 Å². The van der Waals surface area contributed by atoms with Crippen LogP contribution in [0.3, 0.4) is 0 Å². The minimum absolute atomic E-state index is 0.0612. The Morgan fingerprint density at radius 1 is 1.11 bits per heavy atom. The van der Waals surface area contributed by atoms with Gasteiger partial charge in [0.1, 0.15) is 12.4 Å². The van der Waals surface area contributed by atoms with Gasteiger partial charge in [0.15, 0.2) is 11.0 Å². The standard InChI is InChI=1S/C25H29N5O4S/c1-3-18-7-9-21(10-8-18)34-16-22-27-28-25(29(22)2)35-17-23(31)26-20-6-4-5-19(15-20)24(32)30-11-13-33-14-12-30/h4-10,15H,3,11-14,16-17H2,1-2H3,(H,26,31). The number of carbonyl (C=O) groups excluding carboxylic acids is 2. The molecule has 10 heteroatoms. The molecule has 0 aliphatic carbocycles. The molecule has 35 heavy (non-hydrogen) atoms. The van der Waals surface area contributed by atoms with Crippen molar-refractivity contribution >= 4 is 29.3 Å². The molecule has 1 aliphatic heterocycles. The van der Waals surface area contributed by atoms with Gasteiger partial charge in [0.2, 0.25) is 5.91 Å². The summed E-state index contributed by atoms with van der Waals surface area (Å²) >= 11 is 1.29. The highest BCUT2D eigenvalue weighted by Gasteiger charge is 2.19. The number of amides is 2. The van der Waals surface area contributed by atoms with Gasteiger partial charge in [-0.25, -0.2) is 0 Å². The number of hydrogen-bond acceptors (Lipinski definition) is 7. The van der Waals surface area contributed by atoms with Gasteiger partial charge >= 0.3 is 0 Å². The predicted octanol–water partition coefficient (Wildman–Crippen LogP) is 3.16. The Bertz CT molecular complexity index is 1160. The molecule has 1 saturated heterocycles. The SMILES string of the molecule is CCc1ccc(OCc2nnc(SCC(=O)Nc3cccc(C(=O)N4CCOCC4)c3)n2C)cc1. The van der Waals surface area contributed by atoms with Crippen molar-refractivity contribution in [2.45, 2.75) is 25.1 Å². The zero-order valence-electron chi connectivity index (χ0n) is 19.9. The molecule has 0 bridgehead atoms. The maximum atomic E-state index is 12.7. The lowest BCUT2D eigenvalue weighted by atomic mass is 10.1. The van der Waals surface area contributed by atoms with Gasteiger partial charge in [-0.2, -0.15) is 0 Å². The van der Waals surface area contributed by atoms with Crippen molar-refractivity contribution in [3.63, 3.8) is 0 Å². The van der Waals surface area contributed by atoms with Gasteiger partial charge in [-0.3, -0.25) is 9.59 Å². The smallest absolute Gasteiger partial charge is 0.254 e. The first-order valence-corrected chi connectivity index (χ1v) is 12.5. The van der Waals surface area contributed by atoms with E-state index in [1.807, 2.05) is 35.9 Å². The second-order valence-corrected chi connectivity index (χ2v) is 9.01. The van der Waals surface area contributed by atoms with Crippen LogP contribution in [0, 0.1) is 0 Å². The third-order valence-electron chi connectivity index (χ3n) is 5.65. The molecule has 0 saturated carbocycles. The normalized spacial score (nSPS) is 13.5. The second kappa shape index (κ2) is 11.9. The first-order valence-electron chi connectivity index (χ1n) is 11.5. The van der Waals surface area contributed by atoms with Crippen molar-refractivity contribution in [1.29, 1.82) is 0 Å². The van der Waals surface area contributed by atoms with Gasteiger partial charge in [0.05, 0.1) is 19.0 Å². The molecule has 0 spiro atoms. The Hall–Kier alpha value is -3.37. The first kappa shape index (κ1) is 24.7. The monoisotopic (exact) mass is 495 g/mol. The Labute approximate surface area is 208 Å². The van der Waals surface area contributed by atoms with E-state index in [-0.39, 0.29) is 24.2 Å². The summed E-state index contributed by atoms with van der Waals surface area (Å²) in [5.74, 6) is 1.35. The number of nitrogens with one attached hydrogen (secondary N) is 1. The zero-order valence-corrected chi connectivity index (χ0v) is 20.7. The van der Waals surface area contributed by atoms with Gasteiger partial charge < -0.3 is 24.3 Å². The number of nitrogens with zero attached hydrogens (tertiary/aromatic N) is 4. The molecule has 1 N–H and O–H groups in total. The number of morpholine rings is 1. The average Bonchev–Trinajstić information content (AvgIpc) is 3.25. The molecule has 0 atom stereocenters. The lowest BCUT2D eigenvalue weighted by Gasteiger charge is -2.27. The fourth-order valence-electron chi connectivity index (χ4n) is 3.57. The van der Waals surface area contributed by atoms with Crippen LogP contribution >= 0.6 is 11.8 Å². The summed E-state index contributed by atoms with van der Waals surface area (Å²) < 4.78 is 12.9. The molecular weight excluding hydrogens is 466 g/mol. The Morgan fingerprint density at radius 2 is 1.89 bits per heavy atom. The van der Waals surface area contributed by atoms with E-state index >= 15 is 0 Å². The molecule has 0 radical (unpaired) electrons. The van der Waals surface area contributed by atoms with Crippen LogP contribution in [-0.2, 0) is 29.6 Å². The first-order chi connectivity index (χ1) is 17.0. The Morgan fingerprint density at radius 3 is 2.63 bits per heavy atom. The number of aromatic nitrogens is 3. The van der Waals surface area contributed by atoms with Crippen LogP contribution in [0.4, 0.5) is 5.69 Å². The molecule has 0 unspecified atom stereocenters. The number of ether oxygens (including phenoxy) is 2. The van der Waals surface area contributed by atoms with Crippen LogP contribution in [0.25, 0.3) is 0 Å². The molecule has 1 fully saturated rings. The van der Waals surface area contributed by atoms with Crippen molar-refractivity contribution in [3.8, 4) is 5.75 Å². The van der Waals surface area contributed by atoms with E-state index < -0.39 is 0 Å². The minimum atomic E-state index is -0.192. The molecule has 2 aromatic carbocycles. The summed E-state index contributed by atoms with van der Waals surface area (Å²) in [5.41, 5.74) is 2.37. The predicted molar refractivity (Wildman–Crippen MR) is 134 cm³/mol. The summed E-state index contributed by atoms with van der Waals surface area (Å²) in [7, 11) is 1.85. The number of hydrogen-bond donors (Lipinski definition) is 1. The number of thioether (sulfide) groups is 1. The van der Waals surface area contributed by atoms with Crippen LogP contribution in [0.1, 0.15) is 28.7 Å². The Kier molecular flexibility index (Phi) is 8.38. The van der Waals surface area contributed by atoms with Crippen molar-refractivity contribution < 1.29 is 19.1 Å².